The summed E-state index contributed by atoms with van der Waals surface area (Å²) in [4.78, 5) is 6.80. The molecule has 2 aliphatic heterocycles. The zero-order valence-corrected chi connectivity index (χ0v) is 18.9. The van der Waals surface area contributed by atoms with Crippen LogP contribution in [0.25, 0.3) is 0 Å². The third-order valence-corrected chi connectivity index (χ3v) is 6.66. The number of hydrogen-bond donors (Lipinski definition) is 2. The molecule has 2 aromatic rings. The van der Waals surface area contributed by atoms with Gasteiger partial charge in [0.2, 0.25) is 0 Å². The van der Waals surface area contributed by atoms with Crippen LogP contribution in [0.5, 0.6) is 5.75 Å². The highest BCUT2D eigenvalue weighted by Crippen LogP contribution is 2.35. The van der Waals surface area contributed by atoms with Crippen molar-refractivity contribution in [3.8, 4) is 5.75 Å². The fourth-order valence-electron chi connectivity index (χ4n) is 4.78. The van der Waals surface area contributed by atoms with E-state index in [0.717, 1.165) is 55.3 Å². The predicted molar refractivity (Wildman–Crippen MR) is 126 cm³/mol. The summed E-state index contributed by atoms with van der Waals surface area (Å²) in [6.45, 7) is 3.88. The van der Waals surface area contributed by atoms with Gasteiger partial charge in [-0.3, -0.25) is 4.99 Å². The minimum atomic E-state index is -0.196. The Hall–Kier alpha value is -2.80. The third-order valence-electron chi connectivity index (χ3n) is 6.66. The number of methoxy groups -OCH3 is 1. The second-order valence-corrected chi connectivity index (χ2v) is 8.58. The summed E-state index contributed by atoms with van der Waals surface area (Å²) in [7, 11) is 3.50. The van der Waals surface area contributed by atoms with Gasteiger partial charge in [0, 0.05) is 51.4 Å². The molecule has 7 heteroatoms. The molecule has 2 heterocycles. The average Bonchev–Trinajstić information content (AvgIpc) is 3.30. The molecule has 2 saturated heterocycles. The number of rotatable bonds is 6. The molecule has 1 unspecified atom stereocenters. The molecule has 32 heavy (non-hydrogen) atoms. The van der Waals surface area contributed by atoms with Gasteiger partial charge in [-0.1, -0.05) is 24.3 Å². The van der Waals surface area contributed by atoms with E-state index in [0.29, 0.717) is 19.8 Å². The second kappa shape index (κ2) is 10.2. The summed E-state index contributed by atoms with van der Waals surface area (Å²) in [5, 5.41) is 7.09. The molecule has 4 rings (SSSR count). The molecule has 0 aliphatic carbocycles. The number of para-hydroxylation sites is 2. The lowest BCUT2D eigenvalue weighted by Gasteiger charge is -2.38. The van der Waals surface area contributed by atoms with E-state index < -0.39 is 0 Å². The Bertz CT molecular complexity index is 930. The lowest BCUT2D eigenvalue weighted by Crippen LogP contribution is -2.50. The number of hydrogen-bond acceptors (Lipinski definition) is 4. The Morgan fingerprint density at radius 3 is 2.78 bits per heavy atom. The summed E-state index contributed by atoms with van der Waals surface area (Å²) in [6, 6.07) is 15.4. The molecule has 0 bridgehead atoms. The van der Waals surface area contributed by atoms with E-state index in [9.17, 15) is 4.39 Å². The average molecular weight is 441 g/mol. The number of ether oxygens (including phenoxy) is 2. The van der Waals surface area contributed by atoms with Crippen molar-refractivity contribution in [1.29, 1.82) is 0 Å². The van der Waals surface area contributed by atoms with Crippen molar-refractivity contribution in [2.24, 2.45) is 4.99 Å². The summed E-state index contributed by atoms with van der Waals surface area (Å²) < 4.78 is 25.1. The van der Waals surface area contributed by atoms with Gasteiger partial charge in [0.15, 0.2) is 5.96 Å². The van der Waals surface area contributed by atoms with Gasteiger partial charge in [-0.05, 0) is 49.1 Å². The number of nitrogens with one attached hydrogen (secondary N) is 2. The summed E-state index contributed by atoms with van der Waals surface area (Å²) in [5.74, 6) is 1.48. The first kappa shape index (κ1) is 22.4. The van der Waals surface area contributed by atoms with Crippen LogP contribution in [-0.2, 0) is 10.2 Å². The molecular weight excluding hydrogens is 407 g/mol. The lowest BCUT2D eigenvalue weighted by molar-refractivity contribution is 0.0512. The molecule has 0 amide bonds. The molecule has 172 valence electrons. The van der Waals surface area contributed by atoms with Crippen molar-refractivity contribution in [2.75, 3.05) is 51.9 Å². The van der Waals surface area contributed by atoms with E-state index in [4.69, 9.17) is 9.47 Å². The zero-order chi connectivity index (χ0) is 22.4. The minimum absolute atomic E-state index is 0.170. The Balaban J connectivity index is 1.39. The number of benzene rings is 2. The van der Waals surface area contributed by atoms with Crippen LogP contribution in [-0.4, -0.2) is 59.0 Å². The van der Waals surface area contributed by atoms with Crippen molar-refractivity contribution in [3.05, 3.63) is 59.9 Å². The topological polar surface area (TPSA) is 58.1 Å². The summed E-state index contributed by atoms with van der Waals surface area (Å²) >= 11 is 0. The van der Waals surface area contributed by atoms with Crippen LogP contribution < -0.4 is 20.3 Å². The maximum atomic E-state index is 14.0. The van der Waals surface area contributed by atoms with Crippen molar-refractivity contribution in [3.63, 3.8) is 0 Å². The largest absolute Gasteiger partial charge is 0.495 e. The number of guanidine groups is 1. The first-order valence-electron chi connectivity index (χ1n) is 11.3. The summed E-state index contributed by atoms with van der Waals surface area (Å²) in [5.41, 5.74) is 1.97. The summed E-state index contributed by atoms with van der Waals surface area (Å²) in [6.07, 6.45) is 2.72. The lowest BCUT2D eigenvalue weighted by atomic mass is 9.74. The molecule has 2 N–H and O–H groups in total. The first-order chi connectivity index (χ1) is 15.6. The molecule has 0 radical (unpaired) electrons. The van der Waals surface area contributed by atoms with Crippen LogP contribution in [0.4, 0.5) is 10.1 Å². The Morgan fingerprint density at radius 1 is 1.22 bits per heavy atom. The standard InChI is InChI=1S/C25H33FN4O2/c1-27-24(29-21-10-13-30(17-21)22-8-3-4-9-23(22)31-2)28-18-25(11-14-32-15-12-25)19-6-5-7-20(26)16-19/h3-9,16,21H,10-15,17-18H2,1-2H3,(H2,27,28,29). The van der Waals surface area contributed by atoms with Gasteiger partial charge < -0.3 is 25.0 Å². The van der Waals surface area contributed by atoms with Gasteiger partial charge in [0.05, 0.1) is 12.8 Å². The molecule has 0 saturated carbocycles. The highest BCUT2D eigenvalue weighted by Gasteiger charge is 2.35. The SMILES string of the molecule is CN=C(NCC1(c2cccc(F)c2)CCOCC1)NC1CCN(c2ccccc2OC)C1. The second-order valence-electron chi connectivity index (χ2n) is 8.58. The van der Waals surface area contributed by atoms with E-state index in [1.54, 1.807) is 26.3 Å². The molecule has 1 atom stereocenters. The maximum absolute atomic E-state index is 14.0. The van der Waals surface area contributed by atoms with Crippen LogP contribution in [0.15, 0.2) is 53.5 Å². The Labute approximate surface area is 189 Å². The maximum Gasteiger partial charge on any atom is 0.191 e. The molecular formula is C25H33FN4O2. The molecule has 0 aromatic heterocycles. The van der Waals surface area contributed by atoms with Crippen LogP contribution >= 0.6 is 0 Å². The van der Waals surface area contributed by atoms with Crippen molar-refractivity contribution in [1.82, 2.24) is 10.6 Å². The van der Waals surface area contributed by atoms with Crippen LogP contribution in [0.2, 0.25) is 0 Å². The first-order valence-corrected chi connectivity index (χ1v) is 11.3. The van der Waals surface area contributed by atoms with E-state index in [2.05, 4.69) is 26.6 Å². The fraction of sp³-hybridized carbons (Fsp3) is 0.480. The molecule has 0 spiro atoms. The quantitative estimate of drug-likeness (QED) is 0.533. The third kappa shape index (κ3) is 4.99. The van der Waals surface area contributed by atoms with Gasteiger partial charge >= 0.3 is 0 Å². The van der Waals surface area contributed by atoms with Gasteiger partial charge in [-0.2, -0.15) is 0 Å². The molecule has 6 nitrogen and oxygen atoms in total. The smallest absolute Gasteiger partial charge is 0.191 e. The van der Waals surface area contributed by atoms with E-state index in [-0.39, 0.29) is 17.3 Å². The van der Waals surface area contributed by atoms with Gasteiger partial charge in [-0.25, -0.2) is 4.39 Å². The van der Waals surface area contributed by atoms with E-state index in [1.807, 2.05) is 24.3 Å². The number of nitrogens with zero attached hydrogens (tertiary/aromatic N) is 2. The Kier molecular flexibility index (Phi) is 7.15. The van der Waals surface area contributed by atoms with E-state index in [1.165, 1.54) is 6.07 Å². The number of aliphatic imine (C=N–C) groups is 1. The zero-order valence-electron chi connectivity index (χ0n) is 18.9. The highest BCUT2D eigenvalue weighted by atomic mass is 19.1. The normalized spacial score (nSPS) is 20.8. The molecule has 2 aromatic carbocycles. The highest BCUT2D eigenvalue weighted by molar-refractivity contribution is 5.80. The van der Waals surface area contributed by atoms with Crippen molar-refractivity contribution < 1.29 is 13.9 Å². The van der Waals surface area contributed by atoms with Gasteiger partial charge in [0.1, 0.15) is 11.6 Å². The van der Waals surface area contributed by atoms with Crippen molar-refractivity contribution in [2.45, 2.75) is 30.7 Å². The van der Waals surface area contributed by atoms with Gasteiger partial charge in [-0.15, -0.1) is 0 Å². The van der Waals surface area contributed by atoms with Crippen LogP contribution in [0.1, 0.15) is 24.8 Å². The van der Waals surface area contributed by atoms with Crippen LogP contribution in [0, 0.1) is 5.82 Å². The predicted octanol–water partition coefficient (Wildman–Crippen LogP) is 3.33. The fourth-order valence-corrected chi connectivity index (χ4v) is 4.78. The van der Waals surface area contributed by atoms with Gasteiger partial charge in [0.25, 0.3) is 0 Å². The Morgan fingerprint density at radius 2 is 2.03 bits per heavy atom. The minimum Gasteiger partial charge on any atom is -0.495 e. The molecule has 2 fully saturated rings. The van der Waals surface area contributed by atoms with E-state index >= 15 is 0 Å². The number of halogens is 1. The van der Waals surface area contributed by atoms with Crippen molar-refractivity contribution >= 4 is 11.6 Å². The van der Waals surface area contributed by atoms with Crippen LogP contribution in [0.3, 0.4) is 0 Å². The molecule has 2 aliphatic rings. The monoisotopic (exact) mass is 440 g/mol. The number of anilines is 1.